The Morgan fingerprint density at radius 2 is 0.886 bits per heavy atom. The lowest BCUT2D eigenvalue weighted by Gasteiger charge is -2.33. The predicted molar refractivity (Wildman–Crippen MR) is 155 cm³/mol. The van der Waals surface area contributed by atoms with Crippen LogP contribution in [0.15, 0.2) is 0 Å². The highest BCUT2D eigenvalue weighted by atomic mass is 19.4. The molecule has 0 bridgehead atoms. The lowest BCUT2D eigenvalue weighted by atomic mass is 9.82. The molecule has 0 rings (SSSR count). The number of hydrogen-bond acceptors (Lipinski definition) is 4. The van der Waals surface area contributed by atoms with Crippen LogP contribution in [0.25, 0.3) is 0 Å². The van der Waals surface area contributed by atoms with Gasteiger partial charge in [-0.3, -0.25) is 9.59 Å². The van der Waals surface area contributed by atoms with Gasteiger partial charge in [-0.05, 0) is 19.3 Å². The number of unbranched alkanes of at least 4 members (excludes halogenated alkanes) is 17. The molecule has 262 valence electrons. The molecule has 0 N–H and O–H groups in total. The quantitative estimate of drug-likeness (QED) is 0.0365. The zero-order chi connectivity index (χ0) is 33.7. The van der Waals surface area contributed by atoms with E-state index in [-0.39, 0.29) is 19.4 Å². The third-order valence-corrected chi connectivity index (χ3v) is 8.26. The van der Waals surface area contributed by atoms with Crippen LogP contribution in [0.5, 0.6) is 0 Å². The van der Waals surface area contributed by atoms with Crippen molar-refractivity contribution in [3.8, 4) is 0 Å². The summed E-state index contributed by atoms with van der Waals surface area (Å²) in [5.74, 6) is -21.5. The molecule has 0 aromatic heterocycles. The van der Waals surface area contributed by atoms with Crippen LogP contribution in [0.1, 0.15) is 149 Å². The third kappa shape index (κ3) is 13.8. The van der Waals surface area contributed by atoms with Gasteiger partial charge >= 0.3 is 36.1 Å². The van der Waals surface area contributed by atoms with Crippen LogP contribution < -0.4 is 0 Å². The van der Waals surface area contributed by atoms with Gasteiger partial charge in [0.2, 0.25) is 0 Å². The molecule has 0 radical (unpaired) electrons. The van der Waals surface area contributed by atoms with E-state index in [9.17, 15) is 44.7 Å². The first kappa shape index (κ1) is 42.4. The number of ether oxygens (including phenoxy) is 2. The molecule has 0 amide bonds. The van der Waals surface area contributed by atoms with E-state index in [1.54, 1.807) is 0 Å². The highest BCUT2D eigenvalue weighted by molar-refractivity contribution is 6.00. The maximum atomic E-state index is 13.8. The monoisotopic (exact) mass is 654 g/mol. The maximum absolute atomic E-state index is 13.8. The number of esters is 2. The number of hydrogen-bond donors (Lipinski definition) is 0. The largest absolute Gasteiger partial charge is 0.465 e. The first-order valence-electron chi connectivity index (χ1n) is 16.4. The fourth-order valence-electron chi connectivity index (χ4n) is 4.98. The first-order chi connectivity index (χ1) is 20.7. The highest BCUT2D eigenvalue weighted by Crippen LogP contribution is 2.48. The Hall–Kier alpha value is -1.62. The van der Waals surface area contributed by atoms with Gasteiger partial charge in [0.05, 0.1) is 6.61 Å². The molecular weight excluding hydrogens is 600 g/mol. The van der Waals surface area contributed by atoms with Gasteiger partial charge in [-0.15, -0.1) is 0 Å². The van der Waals surface area contributed by atoms with Crippen molar-refractivity contribution in [2.24, 2.45) is 5.41 Å². The van der Waals surface area contributed by atoms with Crippen LogP contribution in [0.3, 0.4) is 0 Å². The molecule has 0 spiro atoms. The zero-order valence-electron chi connectivity index (χ0n) is 26.8. The molecule has 0 aliphatic carbocycles. The Morgan fingerprint density at radius 3 is 1.23 bits per heavy atom. The van der Waals surface area contributed by atoms with Crippen LogP contribution in [-0.4, -0.2) is 49.3 Å². The van der Waals surface area contributed by atoms with Crippen LogP contribution in [0, 0.1) is 5.41 Å². The summed E-state index contributed by atoms with van der Waals surface area (Å²) in [7, 11) is 0. The summed E-state index contributed by atoms with van der Waals surface area (Å²) >= 11 is 0. The van der Waals surface area contributed by atoms with Crippen molar-refractivity contribution >= 4 is 11.9 Å². The van der Waals surface area contributed by atoms with Gasteiger partial charge in [0.15, 0.2) is 12.0 Å². The third-order valence-electron chi connectivity index (χ3n) is 8.26. The van der Waals surface area contributed by atoms with Gasteiger partial charge in [0, 0.05) is 0 Å². The topological polar surface area (TPSA) is 52.6 Å². The number of carbonyl (C=O) groups excluding carboxylic acids is 2. The number of rotatable bonds is 28. The van der Waals surface area contributed by atoms with E-state index in [1.807, 2.05) is 0 Å². The van der Waals surface area contributed by atoms with Crippen LogP contribution >= 0.6 is 0 Å². The molecule has 0 saturated heterocycles. The molecule has 12 heteroatoms. The summed E-state index contributed by atoms with van der Waals surface area (Å²) in [6.07, 6.45) is 15.4. The molecule has 0 fully saturated rings. The van der Waals surface area contributed by atoms with Crippen molar-refractivity contribution in [3.63, 3.8) is 0 Å². The van der Waals surface area contributed by atoms with Crippen molar-refractivity contribution in [2.45, 2.75) is 173 Å². The van der Waals surface area contributed by atoms with E-state index in [1.165, 1.54) is 90.9 Å². The minimum absolute atomic E-state index is 0.0680. The summed E-state index contributed by atoms with van der Waals surface area (Å²) in [4.78, 5) is 25.1. The Morgan fingerprint density at radius 1 is 0.545 bits per heavy atom. The lowest BCUT2D eigenvalue weighted by molar-refractivity contribution is -0.344. The molecule has 0 unspecified atom stereocenters. The highest BCUT2D eigenvalue weighted by Gasteiger charge is 2.75. The molecule has 0 atom stereocenters. The molecular formula is C32H54F8O4. The predicted octanol–water partition coefficient (Wildman–Crippen LogP) is 11.1. The average molecular weight is 655 g/mol. The molecule has 4 nitrogen and oxygen atoms in total. The van der Waals surface area contributed by atoms with Crippen LogP contribution in [0.4, 0.5) is 35.1 Å². The molecule has 0 aliphatic rings. The van der Waals surface area contributed by atoms with Crippen molar-refractivity contribution < 1.29 is 54.2 Å². The fourth-order valence-corrected chi connectivity index (χ4v) is 4.98. The summed E-state index contributed by atoms with van der Waals surface area (Å²) < 4.78 is 115. The number of halogens is 8. The van der Waals surface area contributed by atoms with E-state index in [0.717, 1.165) is 32.1 Å². The molecule has 44 heavy (non-hydrogen) atoms. The van der Waals surface area contributed by atoms with E-state index in [2.05, 4.69) is 11.7 Å². The van der Waals surface area contributed by atoms with Gasteiger partial charge < -0.3 is 9.47 Å². The standard InChI is InChI=1S/C32H54F8O4/c1-4-7-8-9-10-11-12-13-14-15-16-17-18-19-20-21-22-23-24-43-27(41)29(5-2,6-3)28(42)44-25-30(35,36)32(39,40)31(37,38)26(33)34/h26H,4-25H2,1-3H3. The normalized spacial score (nSPS) is 13.0. The Bertz CT molecular complexity index is 773. The summed E-state index contributed by atoms with van der Waals surface area (Å²) in [6, 6.07) is 0. The zero-order valence-corrected chi connectivity index (χ0v) is 26.8. The summed E-state index contributed by atoms with van der Waals surface area (Å²) in [5.41, 5.74) is -2.13. The SMILES string of the molecule is CCCCCCCCCCCCCCCCCCCCOC(=O)C(CC)(CC)C(=O)OCC(F)(F)C(F)(F)C(F)(F)C(F)F. The number of carbonyl (C=O) groups is 2. The minimum atomic E-state index is -6.51. The van der Waals surface area contributed by atoms with Gasteiger partial charge in [-0.2, -0.15) is 26.3 Å². The van der Waals surface area contributed by atoms with Gasteiger partial charge in [-0.1, -0.05) is 130 Å². The van der Waals surface area contributed by atoms with E-state index >= 15 is 0 Å². The van der Waals surface area contributed by atoms with E-state index < -0.39 is 48.2 Å². The Kier molecular flexibility index (Phi) is 21.2. The lowest BCUT2D eigenvalue weighted by Crippen LogP contribution is -2.59. The average Bonchev–Trinajstić information content (AvgIpc) is 2.97. The molecule has 0 saturated carbocycles. The number of alkyl halides is 8. The first-order valence-corrected chi connectivity index (χ1v) is 16.4. The molecule has 0 aromatic rings. The smallest absolute Gasteiger partial charge is 0.381 e. The van der Waals surface area contributed by atoms with Crippen molar-refractivity contribution in [3.05, 3.63) is 0 Å². The van der Waals surface area contributed by atoms with Gasteiger partial charge in [0.1, 0.15) is 0 Å². The van der Waals surface area contributed by atoms with Crippen LogP contribution in [-0.2, 0) is 19.1 Å². The van der Waals surface area contributed by atoms with Gasteiger partial charge in [-0.25, -0.2) is 8.78 Å². The van der Waals surface area contributed by atoms with Crippen molar-refractivity contribution in [1.29, 1.82) is 0 Å². The summed E-state index contributed by atoms with van der Waals surface area (Å²) in [6.45, 7) is 2.21. The minimum Gasteiger partial charge on any atom is -0.465 e. The Balaban J connectivity index is 4.25. The summed E-state index contributed by atoms with van der Waals surface area (Å²) in [5, 5.41) is 0. The van der Waals surface area contributed by atoms with E-state index in [4.69, 9.17) is 4.74 Å². The van der Waals surface area contributed by atoms with Crippen LogP contribution in [0.2, 0.25) is 0 Å². The fraction of sp³-hybridized carbons (Fsp3) is 0.938. The second-order valence-corrected chi connectivity index (χ2v) is 11.7. The van der Waals surface area contributed by atoms with E-state index in [0.29, 0.717) is 6.42 Å². The maximum Gasteiger partial charge on any atom is 0.381 e. The second-order valence-electron chi connectivity index (χ2n) is 11.7. The molecule has 0 aliphatic heterocycles. The van der Waals surface area contributed by atoms with Crippen molar-refractivity contribution in [2.75, 3.05) is 13.2 Å². The second kappa shape index (κ2) is 22.0. The molecule has 0 aromatic carbocycles. The van der Waals surface area contributed by atoms with Crippen molar-refractivity contribution in [1.82, 2.24) is 0 Å². The Labute approximate surface area is 258 Å². The molecule has 0 heterocycles. The van der Waals surface area contributed by atoms with Gasteiger partial charge in [0.25, 0.3) is 0 Å².